The lowest BCUT2D eigenvalue weighted by atomic mass is 9.97. The monoisotopic (exact) mass is 1420 g/mol. The van der Waals surface area contributed by atoms with Gasteiger partial charge in [-0.15, -0.1) is 0 Å². The average molecular weight is 1420 g/mol. The molecule has 580 valence electrons. The van der Waals surface area contributed by atoms with Gasteiger partial charge in [0, 0.05) is 6.42 Å². The lowest BCUT2D eigenvalue weighted by molar-refractivity contribution is -0.359. The van der Waals surface area contributed by atoms with Crippen molar-refractivity contribution in [1.29, 1.82) is 0 Å². The van der Waals surface area contributed by atoms with Gasteiger partial charge in [-0.1, -0.05) is 334 Å². The first kappa shape index (κ1) is 93.2. The Morgan fingerprint density at radius 3 is 1.09 bits per heavy atom. The fourth-order valence-electron chi connectivity index (χ4n) is 12.6. The molecular formula is C87H149NO13. The second kappa shape index (κ2) is 69.2. The van der Waals surface area contributed by atoms with E-state index >= 15 is 0 Å². The highest BCUT2D eigenvalue weighted by atomic mass is 16.7. The predicted molar refractivity (Wildman–Crippen MR) is 419 cm³/mol. The molecule has 1 amide bonds. The summed E-state index contributed by atoms with van der Waals surface area (Å²) in [5, 5.41) is 87.7. The van der Waals surface area contributed by atoms with Crippen LogP contribution in [0, 0.1) is 0 Å². The van der Waals surface area contributed by atoms with Gasteiger partial charge in [0.05, 0.1) is 32.0 Å². The van der Waals surface area contributed by atoms with Crippen LogP contribution in [0.1, 0.15) is 316 Å². The van der Waals surface area contributed by atoms with Gasteiger partial charge in [-0.2, -0.15) is 0 Å². The molecule has 14 heteroatoms. The van der Waals surface area contributed by atoms with E-state index in [-0.39, 0.29) is 18.9 Å². The summed E-state index contributed by atoms with van der Waals surface area (Å²) >= 11 is 0. The van der Waals surface area contributed by atoms with E-state index in [9.17, 15) is 45.6 Å². The Hall–Kier alpha value is -3.87. The van der Waals surface area contributed by atoms with Crippen molar-refractivity contribution in [2.24, 2.45) is 0 Å². The van der Waals surface area contributed by atoms with E-state index in [4.69, 9.17) is 18.9 Å². The van der Waals surface area contributed by atoms with Crippen molar-refractivity contribution in [3.63, 3.8) is 0 Å². The SMILES string of the molecule is CC/C=C\C/C=C\C/C=C\C/C=C\C/C=C\C/C=C\C/C=C\C/C=C\CCCCCCCCCCCCCCC(=O)NC(COC1OC(CO)C(OC2OC(CO)C(O)C(O)C2O)C(O)C1O)C(O)/C=C/CC/C=C/CC/C=C/CCCCCCCCCCCCCCCCCCCCCC. The Kier molecular flexibility index (Phi) is 63.9. The molecule has 9 N–H and O–H groups in total. The third kappa shape index (κ3) is 51.9. The molecule has 0 bridgehead atoms. The lowest BCUT2D eigenvalue weighted by Crippen LogP contribution is -2.65. The van der Waals surface area contributed by atoms with Crippen molar-refractivity contribution in [3.05, 3.63) is 134 Å². The summed E-state index contributed by atoms with van der Waals surface area (Å²) in [5.74, 6) is -0.258. The predicted octanol–water partition coefficient (Wildman–Crippen LogP) is 19.0. The molecule has 0 aromatic rings. The van der Waals surface area contributed by atoms with Crippen molar-refractivity contribution in [1.82, 2.24) is 5.32 Å². The molecule has 0 saturated carbocycles. The van der Waals surface area contributed by atoms with Crippen LogP contribution in [0.5, 0.6) is 0 Å². The molecule has 0 radical (unpaired) electrons. The molecule has 2 rings (SSSR count). The summed E-state index contributed by atoms with van der Waals surface area (Å²) in [4.78, 5) is 13.4. The summed E-state index contributed by atoms with van der Waals surface area (Å²) in [6.45, 7) is 2.69. The minimum absolute atomic E-state index is 0.258. The molecule has 101 heavy (non-hydrogen) atoms. The van der Waals surface area contributed by atoms with Gasteiger partial charge in [0.25, 0.3) is 0 Å². The van der Waals surface area contributed by atoms with E-state index in [2.05, 4.69) is 141 Å². The highest BCUT2D eigenvalue weighted by molar-refractivity contribution is 5.76. The quantitative estimate of drug-likeness (QED) is 0.0204. The summed E-state index contributed by atoms with van der Waals surface area (Å²) < 4.78 is 22.9. The number of aliphatic hydroxyl groups excluding tert-OH is 8. The highest BCUT2D eigenvalue weighted by Crippen LogP contribution is 2.30. The van der Waals surface area contributed by atoms with Crippen molar-refractivity contribution in [3.8, 4) is 0 Å². The van der Waals surface area contributed by atoms with Gasteiger partial charge in [-0.05, 0) is 109 Å². The molecular weight excluding hydrogens is 1270 g/mol. The first-order valence-electron chi connectivity index (χ1n) is 40.9. The van der Waals surface area contributed by atoms with Crippen molar-refractivity contribution < 1.29 is 64.6 Å². The molecule has 2 heterocycles. The maximum atomic E-state index is 13.4. The molecule has 12 atom stereocenters. The molecule has 2 fully saturated rings. The van der Waals surface area contributed by atoms with Crippen LogP contribution in [0.4, 0.5) is 0 Å². The molecule has 0 aliphatic carbocycles. The van der Waals surface area contributed by atoms with Crippen LogP contribution in [-0.4, -0.2) is 140 Å². The number of carbonyl (C=O) groups is 1. The molecule has 2 aliphatic heterocycles. The highest BCUT2D eigenvalue weighted by Gasteiger charge is 2.51. The largest absolute Gasteiger partial charge is 0.394 e. The van der Waals surface area contributed by atoms with Gasteiger partial charge >= 0.3 is 0 Å². The van der Waals surface area contributed by atoms with Crippen LogP contribution >= 0.6 is 0 Å². The molecule has 0 aromatic heterocycles. The molecule has 14 nitrogen and oxygen atoms in total. The smallest absolute Gasteiger partial charge is 0.220 e. The number of hydrogen-bond acceptors (Lipinski definition) is 13. The standard InChI is InChI=1S/C87H149NO13/c1-3-5-7-9-11-13-15-17-19-21-23-25-27-29-31-33-35-36-37-38-39-40-41-43-45-47-49-51-53-55-57-59-61-63-65-67-69-71-79(92)88-75(74-98-86-84(97)82(95)85(78(73-90)100-86)101-87-83(96)81(94)80(93)77(72-89)99-87)76(91)70-68-66-64-62-60-58-56-54-52-50-48-46-44-42-34-32-30-28-26-24-22-20-18-16-14-12-10-8-6-4-2/h5,7,11,13,17,19,23,25,29,31,35-36,38-39,41,43,52,54,60,62,68,70,75-78,80-87,89-91,93-97H,3-4,6,8-10,12,14-16,18,20-22,24,26-28,30,32-34,37,40,42,44-51,53,55-59,61,63-67,69,71-74H2,1-2H3,(H,88,92)/b7-5-,13-11-,19-17-,25-23-,31-29-,36-35-,39-38-,43-41-,54-52+,62-60+,70-68+. The number of carbonyl (C=O) groups excluding carboxylic acids is 1. The maximum Gasteiger partial charge on any atom is 0.220 e. The van der Waals surface area contributed by atoms with E-state index < -0.39 is 86.8 Å². The number of unbranched alkanes of at least 4 members (excludes halogenated alkanes) is 34. The Balaban J connectivity index is 1.64. The number of amides is 1. The summed E-state index contributed by atoms with van der Waals surface area (Å²) in [7, 11) is 0. The number of ether oxygens (including phenoxy) is 4. The van der Waals surface area contributed by atoms with Crippen LogP contribution in [0.3, 0.4) is 0 Å². The van der Waals surface area contributed by atoms with Gasteiger partial charge in [-0.3, -0.25) is 4.79 Å². The molecule has 12 unspecified atom stereocenters. The Labute approximate surface area is 615 Å². The zero-order valence-electron chi connectivity index (χ0n) is 63.6. The van der Waals surface area contributed by atoms with Crippen LogP contribution in [0.15, 0.2) is 134 Å². The van der Waals surface area contributed by atoms with Gasteiger partial charge in [0.2, 0.25) is 5.91 Å². The van der Waals surface area contributed by atoms with Crippen LogP contribution < -0.4 is 5.32 Å². The van der Waals surface area contributed by atoms with Gasteiger partial charge in [-0.25, -0.2) is 0 Å². The van der Waals surface area contributed by atoms with Gasteiger partial charge < -0.3 is 65.1 Å². The topological polar surface area (TPSA) is 228 Å². The number of rotatable bonds is 67. The molecule has 2 saturated heterocycles. The lowest BCUT2D eigenvalue weighted by Gasteiger charge is -2.46. The van der Waals surface area contributed by atoms with Crippen LogP contribution in [0.25, 0.3) is 0 Å². The van der Waals surface area contributed by atoms with Gasteiger partial charge in [0.1, 0.15) is 48.8 Å². The van der Waals surface area contributed by atoms with E-state index in [1.165, 1.54) is 180 Å². The fraction of sp³-hybridized carbons (Fsp3) is 0.736. The summed E-state index contributed by atoms with van der Waals surface area (Å²) in [6.07, 6.45) is 86.7. The average Bonchev–Trinajstić information content (AvgIpc) is 0.792. The maximum absolute atomic E-state index is 13.4. The van der Waals surface area contributed by atoms with Crippen molar-refractivity contribution in [2.75, 3.05) is 19.8 Å². The normalized spacial score (nSPS) is 22.5. The third-order valence-electron chi connectivity index (χ3n) is 19.0. The number of hydrogen-bond donors (Lipinski definition) is 9. The third-order valence-corrected chi connectivity index (χ3v) is 19.0. The summed E-state index contributed by atoms with van der Waals surface area (Å²) in [5.41, 5.74) is 0. The number of aliphatic hydroxyl groups is 8. The second-order valence-corrected chi connectivity index (χ2v) is 28.1. The zero-order valence-corrected chi connectivity index (χ0v) is 63.6. The summed E-state index contributed by atoms with van der Waals surface area (Å²) in [6, 6.07) is -0.950. The van der Waals surface area contributed by atoms with E-state index in [0.717, 1.165) is 103 Å². The van der Waals surface area contributed by atoms with E-state index in [1.54, 1.807) is 6.08 Å². The zero-order chi connectivity index (χ0) is 73.0. The Bertz CT molecular complexity index is 2220. The Morgan fingerprint density at radius 2 is 0.693 bits per heavy atom. The second-order valence-electron chi connectivity index (χ2n) is 28.1. The Morgan fingerprint density at radius 1 is 0.366 bits per heavy atom. The fourth-order valence-corrected chi connectivity index (χ4v) is 12.6. The molecule has 0 spiro atoms. The minimum Gasteiger partial charge on any atom is -0.394 e. The minimum atomic E-state index is -1.80. The van der Waals surface area contributed by atoms with Crippen LogP contribution in [0.2, 0.25) is 0 Å². The van der Waals surface area contributed by atoms with Gasteiger partial charge in [0.15, 0.2) is 12.6 Å². The first-order valence-corrected chi connectivity index (χ1v) is 40.9. The van der Waals surface area contributed by atoms with E-state index in [1.807, 2.05) is 6.08 Å². The van der Waals surface area contributed by atoms with E-state index in [0.29, 0.717) is 12.8 Å². The van der Waals surface area contributed by atoms with Crippen LogP contribution in [-0.2, 0) is 23.7 Å². The first-order chi connectivity index (χ1) is 49.6. The number of allylic oxidation sites excluding steroid dienone is 21. The molecule has 0 aromatic carbocycles. The van der Waals surface area contributed by atoms with Crippen molar-refractivity contribution >= 4 is 5.91 Å². The van der Waals surface area contributed by atoms with Crippen molar-refractivity contribution in [2.45, 2.75) is 389 Å². The molecule has 2 aliphatic rings. The number of nitrogens with one attached hydrogen (secondary N) is 1.